The molecule has 1 fully saturated rings. The van der Waals surface area contributed by atoms with E-state index in [1.54, 1.807) is 0 Å². The van der Waals surface area contributed by atoms with Gasteiger partial charge >= 0.3 is 12.1 Å². The van der Waals surface area contributed by atoms with Gasteiger partial charge in [0.2, 0.25) is 0 Å². The summed E-state index contributed by atoms with van der Waals surface area (Å²) in [5, 5.41) is 2.83. The maximum atomic E-state index is 11.6. The molecule has 1 rings (SSSR count). The molecule has 2 atom stereocenters. The zero-order chi connectivity index (χ0) is 14.5. The molecule has 19 heavy (non-hydrogen) atoms. The number of ether oxygens (including phenoxy) is 2. The molecule has 2 unspecified atom stereocenters. The van der Waals surface area contributed by atoms with E-state index in [2.05, 4.69) is 5.32 Å². The molecule has 0 radical (unpaired) electrons. The van der Waals surface area contributed by atoms with E-state index >= 15 is 0 Å². The van der Waals surface area contributed by atoms with Crippen LogP contribution in [-0.4, -0.2) is 29.8 Å². The molecular weight excluding hydrogens is 270 g/mol. The molecule has 0 saturated heterocycles. The van der Waals surface area contributed by atoms with Crippen LogP contribution in [0.15, 0.2) is 0 Å². The van der Waals surface area contributed by atoms with Gasteiger partial charge in [-0.25, -0.2) is 4.79 Å². The van der Waals surface area contributed by atoms with Gasteiger partial charge in [-0.3, -0.25) is 4.79 Å². The predicted molar refractivity (Wildman–Crippen MR) is 71.9 cm³/mol. The van der Waals surface area contributed by atoms with Crippen molar-refractivity contribution in [1.82, 2.24) is 5.32 Å². The molecule has 1 saturated carbocycles. The van der Waals surface area contributed by atoms with Crippen molar-refractivity contribution in [3.8, 4) is 0 Å². The van der Waals surface area contributed by atoms with E-state index in [4.69, 9.17) is 21.1 Å². The lowest BCUT2D eigenvalue weighted by molar-refractivity contribution is -0.142. The molecule has 0 aromatic rings. The second-order valence-corrected chi connectivity index (χ2v) is 6.07. The number of esters is 1. The van der Waals surface area contributed by atoms with Gasteiger partial charge in [0, 0.05) is 12.5 Å². The molecule has 0 bridgehead atoms. The standard InChI is InChI=1S/C13H22ClNO4/c1-13(2,3)19-12(17)15-10-5-4-9(6-10)7-11(16)18-8-14/h9-10H,4-8H2,1-3H3,(H,15,17). The number of carbonyl (C=O) groups is 2. The average molecular weight is 292 g/mol. The summed E-state index contributed by atoms with van der Waals surface area (Å²) in [5.74, 6) is -0.0337. The number of alkyl carbamates (subject to hydrolysis) is 1. The summed E-state index contributed by atoms with van der Waals surface area (Å²) in [6.45, 7) is 5.48. The zero-order valence-corrected chi connectivity index (χ0v) is 12.5. The highest BCUT2D eigenvalue weighted by atomic mass is 35.5. The van der Waals surface area contributed by atoms with Gasteiger partial charge in [0.05, 0.1) is 0 Å². The number of carbonyl (C=O) groups excluding carboxylic acids is 2. The summed E-state index contributed by atoms with van der Waals surface area (Å²) in [5.41, 5.74) is -0.494. The van der Waals surface area contributed by atoms with Crippen LogP contribution in [0.1, 0.15) is 46.5 Å². The van der Waals surface area contributed by atoms with Gasteiger partial charge < -0.3 is 14.8 Å². The third-order valence-corrected chi connectivity index (χ3v) is 3.04. The van der Waals surface area contributed by atoms with Crippen LogP contribution in [0.2, 0.25) is 0 Å². The van der Waals surface area contributed by atoms with E-state index in [1.807, 2.05) is 20.8 Å². The number of halogens is 1. The number of amides is 1. The predicted octanol–water partition coefficient (Wildman–Crippen LogP) is 2.81. The number of nitrogens with one attached hydrogen (secondary N) is 1. The van der Waals surface area contributed by atoms with Crippen molar-refractivity contribution >= 4 is 23.7 Å². The molecule has 1 aliphatic carbocycles. The summed E-state index contributed by atoms with van der Waals surface area (Å²) in [7, 11) is 0. The third kappa shape index (κ3) is 6.66. The van der Waals surface area contributed by atoms with Gasteiger partial charge in [-0.05, 0) is 46.0 Å². The largest absolute Gasteiger partial charge is 0.449 e. The van der Waals surface area contributed by atoms with Gasteiger partial charge in [0.1, 0.15) is 5.60 Å². The molecule has 5 nitrogen and oxygen atoms in total. The molecule has 0 heterocycles. The topological polar surface area (TPSA) is 64.6 Å². The Hall–Kier alpha value is -0.970. The number of rotatable bonds is 4. The summed E-state index contributed by atoms with van der Waals surface area (Å²) in [4.78, 5) is 22.9. The van der Waals surface area contributed by atoms with Gasteiger partial charge in [0.15, 0.2) is 6.07 Å². The van der Waals surface area contributed by atoms with E-state index in [-0.39, 0.29) is 24.0 Å². The fraction of sp³-hybridized carbons (Fsp3) is 0.846. The first-order valence-electron chi connectivity index (χ1n) is 6.51. The fourth-order valence-corrected chi connectivity index (χ4v) is 2.34. The summed E-state index contributed by atoms with van der Waals surface area (Å²) in [6, 6.07) is -0.0332. The van der Waals surface area contributed by atoms with Crippen molar-refractivity contribution < 1.29 is 19.1 Å². The highest BCUT2D eigenvalue weighted by Crippen LogP contribution is 2.28. The molecule has 6 heteroatoms. The molecule has 1 N–H and O–H groups in total. The van der Waals surface area contributed by atoms with E-state index in [9.17, 15) is 9.59 Å². The average Bonchev–Trinajstić information content (AvgIpc) is 2.62. The molecule has 0 aromatic carbocycles. The van der Waals surface area contributed by atoms with Crippen LogP contribution in [0.3, 0.4) is 0 Å². The third-order valence-electron chi connectivity index (χ3n) is 2.93. The van der Waals surface area contributed by atoms with Crippen LogP contribution in [0.25, 0.3) is 0 Å². The maximum Gasteiger partial charge on any atom is 0.407 e. The summed E-state index contributed by atoms with van der Waals surface area (Å²) in [6.07, 6.45) is 2.49. The minimum absolute atomic E-state index is 0.0728. The zero-order valence-electron chi connectivity index (χ0n) is 11.7. The Kier molecular flexibility index (Phi) is 5.91. The molecule has 110 valence electrons. The lowest BCUT2D eigenvalue weighted by Crippen LogP contribution is -2.38. The minimum atomic E-state index is -0.494. The normalized spacial score (nSPS) is 22.9. The van der Waals surface area contributed by atoms with Gasteiger partial charge in [-0.15, -0.1) is 0 Å². The second-order valence-electron chi connectivity index (χ2n) is 5.85. The Morgan fingerprint density at radius 2 is 2.00 bits per heavy atom. The van der Waals surface area contributed by atoms with E-state index in [0.29, 0.717) is 6.42 Å². The summed E-state index contributed by atoms with van der Waals surface area (Å²) >= 11 is 5.32. The van der Waals surface area contributed by atoms with Gasteiger partial charge in [-0.2, -0.15) is 0 Å². The van der Waals surface area contributed by atoms with Crippen LogP contribution >= 0.6 is 11.6 Å². The van der Waals surface area contributed by atoms with Gasteiger partial charge in [0.25, 0.3) is 0 Å². The quantitative estimate of drug-likeness (QED) is 0.639. The Balaban J connectivity index is 2.28. The van der Waals surface area contributed by atoms with Crippen LogP contribution in [0.4, 0.5) is 4.79 Å². The monoisotopic (exact) mass is 291 g/mol. The minimum Gasteiger partial charge on any atom is -0.449 e. The van der Waals surface area contributed by atoms with E-state index in [1.165, 1.54) is 0 Å². The number of hydrogen-bond acceptors (Lipinski definition) is 4. The molecule has 0 spiro atoms. The van der Waals surface area contributed by atoms with Crippen LogP contribution in [-0.2, 0) is 14.3 Å². The highest BCUT2D eigenvalue weighted by Gasteiger charge is 2.29. The molecule has 1 amide bonds. The van der Waals surface area contributed by atoms with Crippen molar-refractivity contribution in [2.45, 2.75) is 58.1 Å². The lowest BCUT2D eigenvalue weighted by atomic mass is 10.0. The second kappa shape index (κ2) is 6.98. The number of alkyl halides is 1. The molecule has 0 aromatic heterocycles. The molecule has 1 aliphatic rings. The van der Waals surface area contributed by atoms with Crippen molar-refractivity contribution in [2.75, 3.05) is 6.07 Å². The lowest BCUT2D eigenvalue weighted by Gasteiger charge is -2.21. The SMILES string of the molecule is CC(C)(C)OC(=O)NC1CCC(CC(=O)OCCl)C1. The Labute approximate surface area is 119 Å². The van der Waals surface area contributed by atoms with E-state index in [0.717, 1.165) is 19.3 Å². The Morgan fingerprint density at radius 1 is 1.32 bits per heavy atom. The Morgan fingerprint density at radius 3 is 2.58 bits per heavy atom. The van der Waals surface area contributed by atoms with Crippen LogP contribution < -0.4 is 5.32 Å². The van der Waals surface area contributed by atoms with Crippen molar-refractivity contribution in [2.24, 2.45) is 5.92 Å². The van der Waals surface area contributed by atoms with Crippen LogP contribution in [0, 0.1) is 5.92 Å². The molecular formula is C13H22ClNO4. The first-order valence-corrected chi connectivity index (χ1v) is 7.04. The Bertz CT molecular complexity index is 327. The van der Waals surface area contributed by atoms with Crippen molar-refractivity contribution in [3.05, 3.63) is 0 Å². The summed E-state index contributed by atoms with van der Waals surface area (Å²) < 4.78 is 9.90. The highest BCUT2D eigenvalue weighted by molar-refractivity contribution is 6.17. The number of hydrogen-bond donors (Lipinski definition) is 1. The first kappa shape index (κ1) is 16.1. The smallest absolute Gasteiger partial charge is 0.407 e. The maximum absolute atomic E-state index is 11.6. The fourth-order valence-electron chi connectivity index (χ4n) is 2.22. The molecule has 0 aliphatic heterocycles. The van der Waals surface area contributed by atoms with E-state index < -0.39 is 11.7 Å². The van der Waals surface area contributed by atoms with Crippen LogP contribution in [0.5, 0.6) is 0 Å². The first-order chi connectivity index (χ1) is 8.80. The van der Waals surface area contributed by atoms with Crippen molar-refractivity contribution in [3.63, 3.8) is 0 Å². The van der Waals surface area contributed by atoms with Gasteiger partial charge in [-0.1, -0.05) is 11.6 Å². The van der Waals surface area contributed by atoms with Crippen molar-refractivity contribution in [1.29, 1.82) is 0 Å².